The van der Waals surface area contributed by atoms with Gasteiger partial charge in [0.15, 0.2) is 0 Å². The van der Waals surface area contributed by atoms with E-state index >= 15 is 4.39 Å². The molecule has 2 heterocycles. The van der Waals surface area contributed by atoms with Gasteiger partial charge in [0.1, 0.15) is 11.6 Å². The molecule has 3 N–H and O–H groups in total. The molecule has 33 heavy (non-hydrogen) atoms. The van der Waals surface area contributed by atoms with E-state index in [1.54, 1.807) is 32.9 Å². The molecule has 3 aromatic rings. The van der Waals surface area contributed by atoms with Crippen LogP contribution in [0.5, 0.6) is 0 Å². The number of carbonyl (C=O) groups is 1. The number of rotatable bonds is 6. The van der Waals surface area contributed by atoms with Gasteiger partial charge in [-0.15, -0.1) is 0 Å². The quantitative estimate of drug-likeness (QED) is 0.539. The average molecular weight is 473 g/mol. The number of fused-ring (bicyclic) bond motifs is 1. The zero-order valence-corrected chi connectivity index (χ0v) is 20.1. The zero-order valence-electron chi connectivity index (χ0n) is 19.3. The number of nitrogens with zero attached hydrogens (tertiary/aromatic N) is 2. The summed E-state index contributed by atoms with van der Waals surface area (Å²) < 4.78 is 43.6. The minimum absolute atomic E-state index is 0.126. The number of sulfonamides is 1. The van der Waals surface area contributed by atoms with Gasteiger partial charge in [-0.1, -0.05) is 6.92 Å². The Balaban J connectivity index is 1.91. The maximum Gasteiger partial charge on any atom is 0.251 e. The number of anilines is 1. The maximum atomic E-state index is 15.2. The van der Waals surface area contributed by atoms with Gasteiger partial charge in [0.05, 0.1) is 21.5 Å². The van der Waals surface area contributed by atoms with Crippen molar-refractivity contribution in [1.82, 2.24) is 9.55 Å². The number of primary amides is 1. The topological polar surface area (TPSA) is 107 Å². The summed E-state index contributed by atoms with van der Waals surface area (Å²) in [5, 5.41) is 0.221. The van der Waals surface area contributed by atoms with E-state index in [-0.39, 0.29) is 22.8 Å². The normalized spacial score (nSPS) is 14.9. The number of benzene rings is 1. The first kappa shape index (κ1) is 23.2. The second-order valence-electron chi connectivity index (χ2n) is 9.52. The Kier molecular flexibility index (Phi) is 5.72. The van der Waals surface area contributed by atoms with Crippen molar-refractivity contribution < 1.29 is 17.6 Å². The number of amides is 1. The first-order valence-corrected chi connectivity index (χ1v) is 12.6. The van der Waals surface area contributed by atoms with Crippen LogP contribution < -0.4 is 10.5 Å². The molecule has 1 saturated carbocycles. The van der Waals surface area contributed by atoms with Crippen molar-refractivity contribution in [3.05, 3.63) is 47.4 Å². The van der Waals surface area contributed by atoms with Crippen LogP contribution in [0.4, 0.5) is 10.2 Å². The Morgan fingerprint density at radius 3 is 2.45 bits per heavy atom. The number of halogens is 1. The van der Waals surface area contributed by atoms with Crippen molar-refractivity contribution in [2.45, 2.75) is 64.2 Å². The summed E-state index contributed by atoms with van der Waals surface area (Å²) in [6.45, 7) is 6.74. The van der Waals surface area contributed by atoms with Crippen LogP contribution in [0.3, 0.4) is 0 Å². The highest BCUT2D eigenvalue weighted by atomic mass is 32.2. The molecule has 0 unspecified atom stereocenters. The molecule has 0 bridgehead atoms. The summed E-state index contributed by atoms with van der Waals surface area (Å²) in [5.74, 6) is -1.02. The first-order chi connectivity index (χ1) is 15.4. The van der Waals surface area contributed by atoms with E-state index in [4.69, 9.17) is 5.73 Å². The fourth-order valence-electron chi connectivity index (χ4n) is 4.08. The van der Waals surface area contributed by atoms with Crippen molar-refractivity contribution in [2.75, 3.05) is 4.72 Å². The highest BCUT2D eigenvalue weighted by Gasteiger charge is 2.32. The van der Waals surface area contributed by atoms with Crippen LogP contribution in [0.1, 0.15) is 68.9 Å². The smallest absolute Gasteiger partial charge is 0.251 e. The van der Waals surface area contributed by atoms with E-state index in [9.17, 15) is 13.2 Å². The van der Waals surface area contributed by atoms with Gasteiger partial charge in [0.2, 0.25) is 10.0 Å². The summed E-state index contributed by atoms with van der Waals surface area (Å²) in [4.78, 5) is 16.8. The second-order valence-corrected chi connectivity index (χ2v) is 12.0. The van der Waals surface area contributed by atoms with E-state index in [0.29, 0.717) is 23.2 Å². The number of nitrogens with one attached hydrogen (secondary N) is 1. The standard InChI is InChI=1S/C24H29FN4O3S/c1-5-14-11-17(25)20-18(12-14)29(16-7-6-8-16)22(21(20)23(26)30)15-9-10-19(27-13-15)28-33(31,32)24(2,3)4/h9-13,16H,5-8H2,1-4H3,(H2,26,30)(H,27,28). The summed E-state index contributed by atoms with van der Waals surface area (Å²) in [6, 6.07) is 6.72. The van der Waals surface area contributed by atoms with Crippen LogP contribution in [0, 0.1) is 5.82 Å². The number of carbonyl (C=O) groups excluding carboxylic acids is 1. The lowest BCUT2D eigenvalue weighted by atomic mass is 9.92. The second kappa shape index (κ2) is 8.13. The Morgan fingerprint density at radius 1 is 1.27 bits per heavy atom. The van der Waals surface area contributed by atoms with Gasteiger partial charge in [-0.25, -0.2) is 17.8 Å². The molecule has 0 spiro atoms. The molecular formula is C24H29FN4O3S. The molecule has 1 aliphatic rings. The van der Waals surface area contributed by atoms with Gasteiger partial charge in [-0.3, -0.25) is 9.52 Å². The first-order valence-electron chi connectivity index (χ1n) is 11.1. The third-order valence-electron chi connectivity index (χ3n) is 6.29. The molecular weight excluding hydrogens is 443 g/mol. The summed E-state index contributed by atoms with van der Waals surface area (Å²) in [7, 11) is -3.64. The van der Waals surface area contributed by atoms with E-state index in [1.165, 1.54) is 12.3 Å². The molecule has 1 aromatic carbocycles. The van der Waals surface area contributed by atoms with E-state index in [2.05, 4.69) is 9.71 Å². The van der Waals surface area contributed by atoms with Crippen molar-refractivity contribution >= 4 is 32.7 Å². The van der Waals surface area contributed by atoms with Crippen LogP contribution in [-0.2, 0) is 16.4 Å². The lowest BCUT2D eigenvalue weighted by Crippen LogP contribution is -2.33. The average Bonchev–Trinajstić information content (AvgIpc) is 3.02. The van der Waals surface area contributed by atoms with Crippen LogP contribution in [0.25, 0.3) is 22.2 Å². The molecule has 0 saturated heterocycles. The molecule has 0 aliphatic heterocycles. The van der Waals surface area contributed by atoms with Crippen LogP contribution in [0.2, 0.25) is 0 Å². The van der Waals surface area contributed by atoms with Crippen molar-refractivity contribution in [3.8, 4) is 11.3 Å². The fourth-order valence-corrected chi connectivity index (χ4v) is 4.78. The molecule has 9 heteroatoms. The summed E-state index contributed by atoms with van der Waals surface area (Å²) >= 11 is 0. The maximum absolute atomic E-state index is 15.2. The molecule has 1 aliphatic carbocycles. The van der Waals surface area contributed by atoms with Crippen LogP contribution >= 0.6 is 0 Å². The number of hydrogen-bond donors (Lipinski definition) is 2. The zero-order chi connectivity index (χ0) is 24.1. The SMILES string of the molecule is CCc1cc(F)c2c(C(N)=O)c(-c3ccc(NS(=O)(=O)C(C)(C)C)nc3)n(C3CCC3)c2c1. The van der Waals surface area contributed by atoms with Crippen LogP contribution in [-0.4, -0.2) is 28.6 Å². The minimum Gasteiger partial charge on any atom is -0.366 e. The third-order valence-corrected chi connectivity index (χ3v) is 8.38. The molecule has 176 valence electrons. The van der Waals surface area contributed by atoms with E-state index in [0.717, 1.165) is 24.8 Å². The Morgan fingerprint density at radius 2 is 1.97 bits per heavy atom. The van der Waals surface area contributed by atoms with Gasteiger partial charge in [-0.2, -0.15) is 0 Å². The van der Waals surface area contributed by atoms with Crippen molar-refractivity contribution in [2.24, 2.45) is 5.73 Å². The number of hydrogen-bond acceptors (Lipinski definition) is 4. The molecule has 0 radical (unpaired) electrons. The highest BCUT2D eigenvalue weighted by Crippen LogP contribution is 2.43. The Bertz CT molecular complexity index is 1340. The molecule has 4 rings (SSSR count). The van der Waals surface area contributed by atoms with Crippen molar-refractivity contribution in [1.29, 1.82) is 0 Å². The predicted octanol–water partition coefficient (Wildman–Crippen LogP) is 4.77. The number of pyridine rings is 1. The molecule has 7 nitrogen and oxygen atoms in total. The predicted molar refractivity (Wildman–Crippen MR) is 128 cm³/mol. The van der Waals surface area contributed by atoms with Crippen molar-refractivity contribution in [3.63, 3.8) is 0 Å². The lowest BCUT2D eigenvalue weighted by molar-refractivity contribution is 0.100. The highest BCUT2D eigenvalue weighted by molar-refractivity contribution is 7.94. The fraction of sp³-hybridized carbons (Fsp3) is 0.417. The van der Waals surface area contributed by atoms with Gasteiger partial charge in [0, 0.05) is 23.2 Å². The largest absolute Gasteiger partial charge is 0.366 e. The summed E-state index contributed by atoms with van der Waals surface area (Å²) in [5.41, 5.74) is 8.47. The third kappa shape index (κ3) is 3.99. The number of aromatic nitrogens is 2. The Labute approximate surface area is 193 Å². The van der Waals surface area contributed by atoms with Gasteiger partial charge < -0.3 is 10.3 Å². The van der Waals surface area contributed by atoms with Gasteiger partial charge in [-0.05, 0) is 76.3 Å². The molecule has 0 atom stereocenters. The number of aryl methyl sites for hydroxylation is 1. The summed E-state index contributed by atoms with van der Waals surface area (Å²) in [6.07, 6.45) is 5.05. The molecule has 1 fully saturated rings. The number of nitrogens with two attached hydrogens (primary N) is 1. The van der Waals surface area contributed by atoms with Gasteiger partial charge >= 0.3 is 0 Å². The lowest BCUT2D eigenvalue weighted by Gasteiger charge is -2.30. The molecule has 2 aromatic heterocycles. The molecule has 1 amide bonds. The van der Waals surface area contributed by atoms with Crippen LogP contribution in [0.15, 0.2) is 30.5 Å². The van der Waals surface area contributed by atoms with E-state index < -0.39 is 26.5 Å². The van der Waals surface area contributed by atoms with Gasteiger partial charge in [0.25, 0.3) is 5.91 Å². The Hall–Kier alpha value is -2.94. The monoisotopic (exact) mass is 472 g/mol. The van der Waals surface area contributed by atoms with E-state index in [1.807, 2.05) is 17.6 Å². The minimum atomic E-state index is -3.64.